The van der Waals surface area contributed by atoms with Crippen molar-refractivity contribution < 1.29 is 18.3 Å². The summed E-state index contributed by atoms with van der Waals surface area (Å²) in [7, 11) is 0. The molecule has 33 heavy (non-hydrogen) atoms. The number of alkyl halides is 2. The van der Waals surface area contributed by atoms with Crippen LogP contribution in [-0.2, 0) is 0 Å². The maximum atomic E-state index is 13.4. The van der Waals surface area contributed by atoms with Gasteiger partial charge in [-0.2, -0.15) is 8.78 Å². The molecule has 0 saturated carbocycles. The second-order valence-electron chi connectivity index (χ2n) is 6.98. The van der Waals surface area contributed by atoms with Gasteiger partial charge in [-0.3, -0.25) is 9.36 Å². The Balaban J connectivity index is 1.79. The van der Waals surface area contributed by atoms with Crippen LogP contribution in [0.1, 0.15) is 18.3 Å². The summed E-state index contributed by atoms with van der Waals surface area (Å²) in [5.74, 6) is 1.14. The van der Waals surface area contributed by atoms with Crippen LogP contribution in [0.25, 0.3) is 28.7 Å². The smallest absolute Gasteiger partial charge is 0.387 e. The highest BCUT2D eigenvalue weighted by atomic mass is 35.5. The molecule has 4 rings (SSSR count). The predicted octanol–water partition coefficient (Wildman–Crippen LogP) is 6.21. The molecule has 0 bridgehead atoms. The van der Waals surface area contributed by atoms with Gasteiger partial charge in [0, 0.05) is 5.02 Å². The highest BCUT2D eigenvalue weighted by Crippen LogP contribution is 2.21. The zero-order valence-electron chi connectivity index (χ0n) is 17.5. The standard InChI is InChI=1S/C25H19ClF2N2O3/c1-2-32-19-11-7-18(8-12-19)30-23(29-22-15-17(26)6-13-21(22)24(30)31)14-5-16-3-9-20(10-4-16)33-25(27)28/h3-15,25H,2H2,1H3. The lowest BCUT2D eigenvalue weighted by atomic mass is 10.2. The van der Waals surface area contributed by atoms with E-state index in [1.807, 2.05) is 6.92 Å². The number of hydrogen-bond acceptors (Lipinski definition) is 4. The molecule has 0 aliphatic rings. The first-order valence-electron chi connectivity index (χ1n) is 10.1. The molecule has 1 aromatic heterocycles. The third kappa shape index (κ3) is 5.21. The van der Waals surface area contributed by atoms with Crippen molar-refractivity contribution in [2.45, 2.75) is 13.5 Å². The maximum Gasteiger partial charge on any atom is 0.387 e. The molecule has 8 heteroatoms. The van der Waals surface area contributed by atoms with E-state index in [1.165, 1.54) is 16.7 Å². The Morgan fingerprint density at radius 1 is 1.00 bits per heavy atom. The molecule has 3 aromatic carbocycles. The number of nitrogens with zero attached hydrogens (tertiary/aromatic N) is 2. The van der Waals surface area contributed by atoms with Gasteiger partial charge in [0.05, 0.1) is 23.2 Å². The third-order valence-corrected chi connectivity index (χ3v) is 5.03. The zero-order chi connectivity index (χ0) is 23.4. The van der Waals surface area contributed by atoms with Crippen LogP contribution in [0.5, 0.6) is 11.5 Å². The maximum absolute atomic E-state index is 13.4. The Kier molecular flexibility index (Phi) is 6.70. The van der Waals surface area contributed by atoms with Gasteiger partial charge in [0.15, 0.2) is 0 Å². The average molecular weight is 469 g/mol. The van der Waals surface area contributed by atoms with Crippen LogP contribution in [-0.4, -0.2) is 22.8 Å². The number of aromatic nitrogens is 2. The lowest BCUT2D eigenvalue weighted by molar-refractivity contribution is -0.0498. The molecule has 0 aliphatic carbocycles. The van der Waals surface area contributed by atoms with Crippen LogP contribution in [0.15, 0.2) is 71.5 Å². The molecular formula is C25H19ClF2N2O3. The van der Waals surface area contributed by atoms with Crippen LogP contribution in [0.3, 0.4) is 0 Å². The SMILES string of the molecule is CCOc1ccc(-n2c(C=Cc3ccc(OC(F)F)cc3)nc3cc(Cl)ccc3c2=O)cc1. The van der Waals surface area contributed by atoms with Crippen LogP contribution in [0, 0.1) is 0 Å². The summed E-state index contributed by atoms with van der Waals surface area (Å²) in [6.45, 7) is -0.456. The molecule has 0 atom stereocenters. The molecule has 5 nitrogen and oxygen atoms in total. The van der Waals surface area contributed by atoms with Crippen molar-refractivity contribution in [1.29, 1.82) is 0 Å². The van der Waals surface area contributed by atoms with Crippen molar-refractivity contribution in [3.8, 4) is 17.2 Å². The second-order valence-corrected chi connectivity index (χ2v) is 7.42. The molecule has 4 aromatic rings. The van der Waals surface area contributed by atoms with E-state index in [2.05, 4.69) is 9.72 Å². The number of fused-ring (bicyclic) bond motifs is 1. The average Bonchev–Trinajstić information content (AvgIpc) is 2.79. The molecule has 0 N–H and O–H groups in total. The van der Waals surface area contributed by atoms with Gasteiger partial charge in [0.1, 0.15) is 17.3 Å². The predicted molar refractivity (Wildman–Crippen MR) is 126 cm³/mol. The van der Waals surface area contributed by atoms with Gasteiger partial charge in [-0.15, -0.1) is 0 Å². The molecule has 0 spiro atoms. The second kappa shape index (κ2) is 9.83. The summed E-state index contributed by atoms with van der Waals surface area (Å²) >= 11 is 6.11. The van der Waals surface area contributed by atoms with Gasteiger partial charge < -0.3 is 9.47 Å². The Morgan fingerprint density at radius 3 is 2.36 bits per heavy atom. The van der Waals surface area contributed by atoms with Gasteiger partial charge in [0.2, 0.25) is 0 Å². The summed E-state index contributed by atoms with van der Waals surface area (Å²) in [6.07, 6.45) is 3.41. The lowest BCUT2D eigenvalue weighted by Gasteiger charge is -2.12. The van der Waals surface area contributed by atoms with Crippen molar-refractivity contribution in [3.63, 3.8) is 0 Å². The monoisotopic (exact) mass is 468 g/mol. The summed E-state index contributed by atoms with van der Waals surface area (Å²) < 4.78 is 36.1. The van der Waals surface area contributed by atoms with Gasteiger partial charge in [-0.1, -0.05) is 29.8 Å². The first-order chi connectivity index (χ1) is 15.9. The largest absolute Gasteiger partial charge is 0.494 e. The van der Waals surface area contributed by atoms with Gasteiger partial charge >= 0.3 is 6.61 Å². The van der Waals surface area contributed by atoms with Crippen molar-refractivity contribution in [2.24, 2.45) is 0 Å². The fourth-order valence-corrected chi connectivity index (χ4v) is 3.49. The highest BCUT2D eigenvalue weighted by Gasteiger charge is 2.12. The van der Waals surface area contributed by atoms with Gasteiger partial charge in [-0.25, -0.2) is 4.98 Å². The number of benzene rings is 3. The quantitative estimate of drug-likeness (QED) is 0.323. The first kappa shape index (κ1) is 22.5. The summed E-state index contributed by atoms with van der Waals surface area (Å²) in [5.41, 5.74) is 1.56. The normalized spacial score (nSPS) is 11.4. The van der Waals surface area contributed by atoms with E-state index >= 15 is 0 Å². The highest BCUT2D eigenvalue weighted by molar-refractivity contribution is 6.31. The lowest BCUT2D eigenvalue weighted by Crippen LogP contribution is -2.22. The van der Waals surface area contributed by atoms with Crippen LogP contribution in [0.4, 0.5) is 8.78 Å². The summed E-state index contributed by atoms with van der Waals surface area (Å²) in [6, 6.07) is 18.2. The van der Waals surface area contributed by atoms with Crippen LogP contribution in [0.2, 0.25) is 5.02 Å². The molecule has 168 valence electrons. The summed E-state index contributed by atoms with van der Waals surface area (Å²) in [5, 5.41) is 0.900. The molecule has 0 unspecified atom stereocenters. The third-order valence-electron chi connectivity index (χ3n) is 4.79. The molecule has 0 amide bonds. The van der Waals surface area contributed by atoms with E-state index in [0.29, 0.717) is 39.8 Å². The van der Waals surface area contributed by atoms with E-state index in [1.54, 1.807) is 66.7 Å². The fraction of sp³-hybridized carbons (Fsp3) is 0.120. The molecule has 1 heterocycles. The van der Waals surface area contributed by atoms with Crippen molar-refractivity contribution >= 4 is 34.7 Å². The van der Waals surface area contributed by atoms with Crippen LogP contribution < -0.4 is 15.0 Å². The zero-order valence-corrected chi connectivity index (χ0v) is 18.3. The fourth-order valence-electron chi connectivity index (χ4n) is 3.33. The Bertz CT molecular complexity index is 1350. The van der Waals surface area contributed by atoms with Gasteiger partial charge in [-0.05, 0) is 73.2 Å². The van der Waals surface area contributed by atoms with E-state index in [9.17, 15) is 13.6 Å². The number of hydrogen-bond donors (Lipinski definition) is 0. The van der Waals surface area contributed by atoms with Gasteiger partial charge in [0.25, 0.3) is 5.56 Å². The molecule has 0 fully saturated rings. The van der Waals surface area contributed by atoms with Crippen molar-refractivity contribution in [1.82, 2.24) is 9.55 Å². The molecule has 0 aliphatic heterocycles. The van der Waals surface area contributed by atoms with E-state index in [-0.39, 0.29) is 11.3 Å². The number of ether oxygens (including phenoxy) is 2. The topological polar surface area (TPSA) is 53.4 Å². The van der Waals surface area contributed by atoms with Crippen molar-refractivity contribution in [2.75, 3.05) is 6.61 Å². The molecular weight excluding hydrogens is 450 g/mol. The molecule has 0 radical (unpaired) electrons. The Hall–Kier alpha value is -3.71. The first-order valence-corrected chi connectivity index (χ1v) is 10.5. The van der Waals surface area contributed by atoms with E-state index in [4.69, 9.17) is 16.3 Å². The summed E-state index contributed by atoms with van der Waals surface area (Å²) in [4.78, 5) is 18.0. The van der Waals surface area contributed by atoms with E-state index in [0.717, 1.165) is 5.56 Å². The Morgan fingerprint density at radius 2 is 1.70 bits per heavy atom. The minimum absolute atomic E-state index is 0.0620. The van der Waals surface area contributed by atoms with E-state index < -0.39 is 6.61 Å². The number of halogens is 3. The minimum atomic E-state index is -2.89. The minimum Gasteiger partial charge on any atom is -0.494 e. The van der Waals surface area contributed by atoms with Crippen molar-refractivity contribution in [3.05, 3.63) is 93.5 Å². The number of rotatable bonds is 7. The van der Waals surface area contributed by atoms with Crippen LogP contribution >= 0.6 is 11.6 Å². The molecule has 0 saturated heterocycles. The Labute approximate surface area is 193 Å².